The summed E-state index contributed by atoms with van der Waals surface area (Å²) in [7, 11) is 0. The fourth-order valence-electron chi connectivity index (χ4n) is 2.42. The van der Waals surface area contributed by atoms with Crippen LogP contribution in [0.5, 0.6) is 5.75 Å². The van der Waals surface area contributed by atoms with E-state index in [-0.39, 0.29) is 23.0 Å². The van der Waals surface area contributed by atoms with E-state index in [0.717, 1.165) is 6.42 Å². The topological polar surface area (TPSA) is 79.5 Å². The molecule has 0 aliphatic heterocycles. The number of hydrogen-bond acceptors (Lipinski definition) is 4. The molecular formula is C21H25N3O3S. The number of ether oxygens (including phenoxy) is 1. The van der Waals surface area contributed by atoms with Crippen LogP contribution in [-0.4, -0.2) is 29.6 Å². The van der Waals surface area contributed by atoms with Crippen molar-refractivity contribution in [1.29, 1.82) is 0 Å². The monoisotopic (exact) mass is 399 g/mol. The van der Waals surface area contributed by atoms with Gasteiger partial charge in [-0.15, -0.1) is 0 Å². The summed E-state index contributed by atoms with van der Waals surface area (Å²) in [5.74, 6) is -0.0279. The summed E-state index contributed by atoms with van der Waals surface area (Å²) >= 11 is 5.23. The predicted molar refractivity (Wildman–Crippen MR) is 115 cm³/mol. The third-order valence-corrected chi connectivity index (χ3v) is 4.24. The van der Waals surface area contributed by atoms with Crippen molar-refractivity contribution < 1.29 is 14.3 Å². The second-order valence-electron chi connectivity index (χ2n) is 6.20. The van der Waals surface area contributed by atoms with Crippen LogP contribution in [0.4, 0.5) is 5.69 Å². The highest BCUT2D eigenvalue weighted by molar-refractivity contribution is 7.80. The zero-order chi connectivity index (χ0) is 20.5. The highest BCUT2D eigenvalue weighted by atomic mass is 32.1. The molecule has 2 rings (SSSR count). The van der Waals surface area contributed by atoms with Crippen LogP contribution in [0.15, 0.2) is 48.5 Å². The molecular weight excluding hydrogens is 374 g/mol. The molecule has 6 nitrogen and oxygen atoms in total. The van der Waals surface area contributed by atoms with Crippen LogP contribution in [0, 0.1) is 0 Å². The Morgan fingerprint density at radius 1 is 1.07 bits per heavy atom. The van der Waals surface area contributed by atoms with Crippen LogP contribution in [0.2, 0.25) is 0 Å². The number of amides is 2. The van der Waals surface area contributed by atoms with Crippen LogP contribution < -0.4 is 20.7 Å². The molecule has 148 valence electrons. The van der Waals surface area contributed by atoms with Crippen molar-refractivity contribution in [3.05, 3.63) is 59.7 Å². The van der Waals surface area contributed by atoms with Crippen molar-refractivity contribution in [2.24, 2.45) is 0 Å². The molecule has 0 aromatic heterocycles. The van der Waals surface area contributed by atoms with Crippen molar-refractivity contribution in [2.45, 2.75) is 33.2 Å². The minimum Gasteiger partial charge on any atom is -0.493 e. The summed E-state index contributed by atoms with van der Waals surface area (Å²) in [6, 6.07) is 14.0. The largest absolute Gasteiger partial charge is 0.493 e. The van der Waals surface area contributed by atoms with Gasteiger partial charge in [0, 0.05) is 17.3 Å². The third kappa shape index (κ3) is 6.06. The van der Waals surface area contributed by atoms with E-state index in [1.165, 1.54) is 0 Å². The van der Waals surface area contributed by atoms with Gasteiger partial charge in [0.15, 0.2) is 5.11 Å². The lowest BCUT2D eigenvalue weighted by Gasteiger charge is -2.14. The van der Waals surface area contributed by atoms with Gasteiger partial charge in [0.05, 0.1) is 12.2 Å². The molecule has 2 amide bonds. The first-order chi connectivity index (χ1) is 13.4. The standard InChI is InChI=1S/C21H25N3O3S/c1-4-14(3)22-19(25)15-9-8-10-16(13-15)23-21(28)24-20(26)17-11-6-7-12-18(17)27-5-2/h6-14H,4-5H2,1-3H3,(H,22,25)(H2,23,24,26,28). The van der Waals surface area contributed by atoms with E-state index in [1.54, 1.807) is 48.5 Å². The highest BCUT2D eigenvalue weighted by Crippen LogP contribution is 2.18. The lowest BCUT2D eigenvalue weighted by Crippen LogP contribution is -2.34. The number of benzene rings is 2. The van der Waals surface area contributed by atoms with Crippen LogP contribution in [0.1, 0.15) is 47.9 Å². The Morgan fingerprint density at radius 3 is 2.54 bits per heavy atom. The molecule has 1 atom stereocenters. The maximum Gasteiger partial charge on any atom is 0.261 e. The Morgan fingerprint density at radius 2 is 1.82 bits per heavy atom. The first kappa shape index (κ1) is 21.4. The normalized spacial score (nSPS) is 11.2. The third-order valence-electron chi connectivity index (χ3n) is 4.03. The number of carbonyl (C=O) groups excluding carboxylic acids is 2. The minimum absolute atomic E-state index is 0.0925. The van der Waals surface area contributed by atoms with Gasteiger partial charge >= 0.3 is 0 Å². The number of para-hydroxylation sites is 1. The van der Waals surface area contributed by atoms with Crippen molar-refractivity contribution >= 4 is 34.8 Å². The Balaban J connectivity index is 2.02. The maximum absolute atomic E-state index is 12.5. The molecule has 0 aliphatic rings. The average molecular weight is 400 g/mol. The van der Waals surface area contributed by atoms with Gasteiger partial charge in [-0.25, -0.2) is 0 Å². The van der Waals surface area contributed by atoms with Crippen LogP contribution >= 0.6 is 12.2 Å². The van der Waals surface area contributed by atoms with E-state index in [2.05, 4.69) is 16.0 Å². The fraction of sp³-hybridized carbons (Fsp3) is 0.286. The Labute approximate surface area is 170 Å². The molecule has 2 aromatic carbocycles. The van der Waals surface area contributed by atoms with Gasteiger partial charge < -0.3 is 15.4 Å². The Kier molecular flexibility index (Phi) is 7.95. The second-order valence-corrected chi connectivity index (χ2v) is 6.61. The molecule has 0 saturated heterocycles. The highest BCUT2D eigenvalue weighted by Gasteiger charge is 2.14. The average Bonchev–Trinajstić information content (AvgIpc) is 2.68. The van der Waals surface area contributed by atoms with E-state index < -0.39 is 0 Å². The van der Waals surface area contributed by atoms with Crippen molar-refractivity contribution in [1.82, 2.24) is 10.6 Å². The summed E-state index contributed by atoms with van der Waals surface area (Å²) in [6.07, 6.45) is 0.850. The van der Waals surface area contributed by atoms with Gasteiger partial charge in [-0.3, -0.25) is 14.9 Å². The number of nitrogens with one attached hydrogen (secondary N) is 3. The van der Waals surface area contributed by atoms with Gasteiger partial charge in [-0.1, -0.05) is 25.1 Å². The number of carbonyl (C=O) groups is 2. The first-order valence-electron chi connectivity index (χ1n) is 9.19. The number of rotatable bonds is 7. The van der Waals surface area contributed by atoms with E-state index in [4.69, 9.17) is 17.0 Å². The van der Waals surface area contributed by atoms with Crippen LogP contribution in [0.25, 0.3) is 0 Å². The van der Waals surface area contributed by atoms with Crippen LogP contribution in [-0.2, 0) is 0 Å². The fourth-order valence-corrected chi connectivity index (χ4v) is 2.63. The molecule has 7 heteroatoms. The van der Waals surface area contributed by atoms with Gasteiger partial charge in [0.25, 0.3) is 11.8 Å². The van der Waals surface area contributed by atoms with E-state index in [9.17, 15) is 9.59 Å². The number of hydrogen-bond donors (Lipinski definition) is 3. The minimum atomic E-state index is -0.368. The predicted octanol–water partition coefficient (Wildman–Crippen LogP) is 3.74. The lowest BCUT2D eigenvalue weighted by molar-refractivity contribution is 0.0937. The summed E-state index contributed by atoms with van der Waals surface area (Å²) in [5, 5.41) is 8.62. The van der Waals surface area contributed by atoms with Gasteiger partial charge in [-0.2, -0.15) is 0 Å². The molecule has 0 bridgehead atoms. The smallest absolute Gasteiger partial charge is 0.261 e. The van der Waals surface area contributed by atoms with E-state index >= 15 is 0 Å². The first-order valence-corrected chi connectivity index (χ1v) is 9.60. The molecule has 0 spiro atoms. The molecule has 0 fully saturated rings. The molecule has 1 unspecified atom stereocenters. The maximum atomic E-state index is 12.5. The van der Waals surface area contributed by atoms with Gasteiger partial charge in [-0.05, 0) is 62.8 Å². The van der Waals surface area contributed by atoms with E-state index in [1.807, 2.05) is 20.8 Å². The summed E-state index contributed by atoms with van der Waals surface area (Å²) in [6.45, 7) is 6.27. The molecule has 0 saturated carbocycles. The molecule has 0 aliphatic carbocycles. The lowest BCUT2D eigenvalue weighted by atomic mass is 10.1. The van der Waals surface area contributed by atoms with Crippen molar-refractivity contribution in [3.63, 3.8) is 0 Å². The SMILES string of the molecule is CCOc1ccccc1C(=O)NC(=S)Nc1cccc(C(=O)NC(C)CC)c1. The summed E-state index contributed by atoms with van der Waals surface area (Å²) < 4.78 is 5.47. The van der Waals surface area contributed by atoms with Gasteiger partial charge in [0.2, 0.25) is 0 Å². The zero-order valence-corrected chi connectivity index (χ0v) is 17.1. The molecule has 3 N–H and O–H groups in total. The molecule has 0 heterocycles. The van der Waals surface area contributed by atoms with Crippen molar-refractivity contribution in [3.8, 4) is 5.75 Å². The number of anilines is 1. The zero-order valence-electron chi connectivity index (χ0n) is 16.2. The molecule has 2 aromatic rings. The summed E-state index contributed by atoms with van der Waals surface area (Å²) in [4.78, 5) is 24.7. The Bertz CT molecular complexity index is 854. The quantitative estimate of drug-likeness (QED) is 0.618. The van der Waals surface area contributed by atoms with Gasteiger partial charge in [0.1, 0.15) is 5.75 Å². The molecule has 0 radical (unpaired) electrons. The Hall–Kier alpha value is -2.93. The van der Waals surface area contributed by atoms with E-state index in [0.29, 0.717) is 29.2 Å². The second kappa shape index (κ2) is 10.4. The molecule has 28 heavy (non-hydrogen) atoms. The van der Waals surface area contributed by atoms with Crippen molar-refractivity contribution in [2.75, 3.05) is 11.9 Å². The van der Waals surface area contributed by atoms with Crippen LogP contribution in [0.3, 0.4) is 0 Å². The summed E-state index contributed by atoms with van der Waals surface area (Å²) in [5.41, 5.74) is 1.52. The number of thiocarbonyl (C=S) groups is 1.